The molecule has 1 aliphatic heterocycles. The molecule has 3 atom stereocenters. The molecule has 1 aliphatic carbocycles. The van der Waals surface area contributed by atoms with Gasteiger partial charge in [-0.2, -0.15) is 0 Å². The molecule has 2 aliphatic rings. The summed E-state index contributed by atoms with van der Waals surface area (Å²) in [5, 5.41) is 23.2. The number of hydrogen-bond acceptors (Lipinski definition) is 5. The first kappa shape index (κ1) is 13.1. The lowest BCUT2D eigenvalue weighted by molar-refractivity contribution is -0.116. The highest BCUT2D eigenvalue weighted by Gasteiger charge is 2.53. The molecule has 1 fully saturated rings. The fourth-order valence-corrected chi connectivity index (χ4v) is 2.67. The van der Waals surface area contributed by atoms with Gasteiger partial charge in [-0.3, -0.25) is 9.59 Å². The van der Waals surface area contributed by atoms with E-state index in [0.29, 0.717) is 5.52 Å². The lowest BCUT2D eigenvalue weighted by atomic mass is 10.00. The zero-order valence-corrected chi connectivity index (χ0v) is 11.2. The van der Waals surface area contributed by atoms with Gasteiger partial charge in [-0.15, -0.1) is 0 Å². The summed E-state index contributed by atoms with van der Waals surface area (Å²) in [6.07, 6.45) is 0.629. The Morgan fingerprint density at radius 1 is 1.36 bits per heavy atom. The quantitative estimate of drug-likeness (QED) is 0.591. The van der Waals surface area contributed by atoms with Gasteiger partial charge in [-0.25, -0.2) is 0 Å². The lowest BCUT2D eigenvalue weighted by Gasteiger charge is -2.17. The van der Waals surface area contributed by atoms with Gasteiger partial charge in [0.1, 0.15) is 24.1 Å². The SMILES string of the molecule is O=C(NC1=CC(=O)C2OC2C1O)c1cc2cc[nH]c2cc1O. The molecule has 22 heavy (non-hydrogen) atoms. The van der Waals surface area contributed by atoms with Crippen LogP contribution < -0.4 is 5.32 Å². The topological polar surface area (TPSA) is 115 Å². The number of aromatic nitrogens is 1. The summed E-state index contributed by atoms with van der Waals surface area (Å²) in [4.78, 5) is 26.8. The zero-order chi connectivity index (χ0) is 15.4. The van der Waals surface area contributed by atoms with Crippen molar-refractivity contribution in [3.63, 3.8) is 0 Å². The number of phenols is 1. The van der Waals surface area contributed by atoms with E-state index in [4.69, 9.17) is 4.74 Å². The lowest BCUT2D eigenvalue weighted by Crippen LogP contribution is -2.37. The predicted molar refractivity (Wildman–Crippen MR) is 75.2 cm³/mol. The van der Waals surface area contributed by atoms with Gasteiger partial charge in [0.05, 0.1) is 11.3 Å². The number of aliphatic hydroxyl groups excluding tert-OH is 1. The van der Waals surface area contributed by atoms with Crippen molar-refractivity contribution in [1.29, 1.82) is 0 Å². The van der Waals surface area contributed by atoms with E-state index in [1.165, 1.54) is 18.2 Å². The van der Waals surface area contributed by atoms with Crippen molar-refractivity contribution in [3.8, 4) is 5.75 Å². The van der Waals surface area contributed by atoms with Crippen LogP contribution in [0.3, 0.4) is 0 Å². The van der Waals surface area contributed by atoms with Crippen LogP contribution in [0.2, 0.25) is 0 Å². The summed E-state index contributed by atoms with van der Waals surface area (Å²) in [6.45, 7) is 0. The van der Waals surface area contributed by atoms with Crippen molar-refractivity contribution in [3.05, 3.63) is 41.7 Å². The van der Waals surface area contributed by atoms with Gasteiger partial charge in [0.15, 0.2) is 5.78 Å². The van der Waals surface area contributed by atoms with Crippen LogP contribution in [0.1, 0.15) is 10.4 Å². The minimum atomic E-state index is -1.05. The van der Waals surface area contributed by atoms with Crippen LogP contribution in [0.15, 0.2) is 36.2 Å². The van der Waals surface area contributed by atoms with E-state index in [2.05, 4.69) is 10.3 Å². The van der Waals surface area contributed by atoms with Crippen LogP contribution in [0.4, 0.5) is 0 Å². The van der Waals surface area contributed by atoms with Crippen LogP contribution in [0.5, 0.6) is 5.75 Å². The first-order chi connectivity index (χ1) is 10.5. The summed E-state index contributed by atoms with van der Waals surface area (Å²) < 4.78 is 5.03. The zero-order valence-electron chi connectivity index (χ0n) is 11.2. The average molecular weight is 300 g/mol. The van der Waals surface area contributed by atoms with Crippen molar-refractivity contribution in [2.24, 2.45) is 0 Å². The summed E-state index contributed by atoms with van der Waals surface area (Å²) in [5.41, 5.74) is 0.851. The van der Waals surface area contributed by atoms with E-state index in [1.54, 1.807) is 12.3 Å². The van der Waals surface area contributed by atoms with Crippen LogP contribution in [0.25, 0.3) is 10.9 Å². The molecule has 2 heterocycles. The number of aromatic amines is 1. The minimum absolute atomic E-state index is 0.0616. The first-order valence-electron chi connectivity index (χ1n) is 6.75. The third-order valence-electron chi connectivity index (χ3n) is 3.91. The Kier molecular flexibility index (Phi) is 2.63. The Bertz CT molecular complexity index is 838. The molecule has 7 nitrogen and oxygen atoms in total. The molecule has 0 spiro atoms. The molecule has 4 N–H and O–H groups in total. The second-order valence-electron chi connectivity index (χ2n) is 5.36. The van der Waals surface area contributed by atoms with Gasteiger partial charge in [0.2, 0.25) is 0 Å². The summed E-state index contributed by atoms with van der Waals surface area (Å²) in [5.74, 6) is -1.07. The maximum Gasteiger partial charge on any atom is 0.259 e. The molecule has 4 rings (SSSR count). The number of carbonyl (C=O) groups is 2. The Morgan fingerprint density at radius 3 is 3.00 bits per heavy atom. The van der Waals surface area contributed by atoms with E-state index in [-0.39, 0.29) is 22.8 Å². The van der Waals surface area contributed by atoms with Crippen LogP contribution in [0, 0.1) is 0 Å². The van der Waals surface area contributed by atoms with E-state index < -0.39 is 24.2 Å². The molecule has 112 valence electrons. The Balaban J connectivity index is 1.63. The molecule has 7 heteroatoms. The van der Waals surface area contributed by atoms with E-state index in [9.17, 15) is 19.8 Å². The van der Waals surface area contributed by atoms with Gasteiger partial charge < -0.3 is 25.3 Å². The molecule has 3 unspecified atom stereocenters. The van der Waals surface area contributed by atoms with Gasteiger partial charge >= 0.3 is 0 Å². The van der Waals surface area contributed by atoms with Gasteiger partial charge in [-0.05, 0) is 12.1 Å². The number of H-pyrrole nitrogens is 1. The predicted octanol–water partition coefficient (Wildman–Crippen LogP) is 0.198. The number of ketones is 1. The molecule has 2 aromatic rings. The average Bonchev–Trinajstić information content (AvgIpc) is 3.17. The number of aliphatic hydroxyl groups is 1. The van der Waals surface area contributed by atoms with Crippen LogP contribution >= 0.6 is 0 Å². The molecule has 0 radical (unpaired) electrons. The van der Waals surface area contributed by atoms with Crippen molar-refractivity contribution >= 4 is 22.6 Å². The number of benzene rings is 1. The molecule has 1 aromatic carbocycles. The Morgan fingerprint density at radius 2 is 2.18 bits per heavy atom. The van der Waals surface area contributed by atoms with Gasteiger partial charge in [0, 0.05) is 29.2 Å². The number of rotatable bonds is 2. The molecular formula is C15H12N2O5. The first-order valence-corrected chi connectivity index (χ1v) is 6.75. The summed E-state index contributed by atoms with van der Waals surface area (Å²) in [6, 6.07) is 4.75. The summed E-state index contributed by atoms with van der Waals surface area (Å²) >= 11 is 0. The smallest absolute Gasteiger partial charge is 0.259 e. The molecule has 1 saturated heterocycles. The Hall–Kier alpha value is -2.64. The van der Waals surface area contributed by atoms with Gasteiger partial charge in [-0.1, -0.05) is 0 Å². The number of hydrogen-bond donors (Lipinski definition) is 4. The van der Waals surface area contributed by atoms with E-state index in [0.717, 1.165) is 5.39 Å². The van der Waals surface area contributed by atoms with Gasteiger partial charge in [0.25, 0.3) is 5.91 Å². The number of amides is 1. The molecule has 0 bridgehead atoms. The number of carbonyl (C=O) groups excluding carboxylic acids is 2. The number of ether oxygens (including phenoxy) is 1. The van der Waals surface area contributed by atoms with Crippen molar-refractivity contribution in [2.75, 3.05) is 0 Å². The largest absolute Gasteiger partial charge is 0.507 e. The number of aromatic hydroxyl groups is 1. The highest BCUT2D eigenvalue weighted by atomic mass is 16.6. The Labute approximate surface area is 124 Å². The third-order valence-corrected chi connectivity index (χ3v) is 3.91. The maximum atomic E-state index is 12.3. The minimum Gasteiger partial charge on any atom is -0.507 e. The second kappa shape index (κ2) is 4.43. The number of phenolic OH excluding ortho intramolecular Hbond substituents is 1. The number of epoxide rings is 1. The van der Waals surface area contributed by atoms with E-state index in [1.807, 2.05) is 0 Å². The maximum absolute atomic E-state index is 12.3. The highest BCUT2D eigenvalue weighted by Crippen LogP contribution is 2.33. The highest BCUT2D eigenvalue weighted by molar-refractivity contribution is 6.03. The fourth-order valence-electron chi connectivity index (χ4n) is 2.67. The normalized spacial score (nSPS) is 26.5. The third kappa shape index (κ3) is 1.91. The summed E-state index contributed by atoms with van der Waals surface area (Å²) in [7, 11) is 0. The van der Waals surface area contributed by atoms with Crippen molar-refractivity contribution < 1.29 is 24.5 Å². The molecule has 1 amide bonds. The fraction of sp³-hybridized carbons (Fsp3) is 0.200. The molecular weight excluding hydrogens is 288 g/mol. The number of nitrogens with one attached hydrogen (secondary N) is 2. The van der Waals surface area contributed by atoms with Crippen molar-refractivity contribution in [2.45, 2.75) is 18.3 Å². The molecule has 1 aromatic heterocycles. The standard InChI is InChI=1S/C15H12N2O5/c18-10-4-8-6(1-2-16-8)3-7(10)15(21)17-9-5-11(19)13-14(22-13)12(9)20/h1-5,12-14,16,18,20H,(H,17,21). The van der Waals surface area contributed by atoms with Crippen molar-refractivity contribution in [1.82, 2.24) is 10.3 Å². The van der Waals surface area contributed by atoms with E-state index >= 15 is 0 Å². The van der Waals surface area contributed by atoms with Crippen LogP contribution in [-0.4, -0.2) is 45.2 Å². The number of fused-ring (bicyclic) bond motifs is 2. The molecule has 0 saturated carbocycles. The van der Waals surface area contributed by atoms with Crippen LogP contribution in [-0.2, 0) is 9.53 Å². The second-order valence-corrected chi connectivity index (χ2v) is 5.36. The monoisotopic (exact) mass is 300 g/mol.